The van der Waals surface area contributed by atoms with E-state index in [1.165, 1.54) is 19.2 Å². The zero-order valence-corrected chi connectivity index (χ0v) is 13.9. The van der Waals surface area contributed by atoms with Crippen molar-refractivity contribution in [1.82, 2.24) is 0 Å². The molecule has 7 heteroatoms. The van der Waals surface area contributed by atoms with Gasteiger partial charge in [-0.25, -0.2) is 8.78 Å². The van der Waals surface area contributed by atoms with Gasteiger partial charge in [-0.2, -0.15) is 10.5 Å². The molecule has 0 aliphatic carbocycles. The van der Waals surface area contributed by atoms with Crippen LogP contribution in [-0.4, -0.2) is 13.2 Å². The number of methoxy groups -OCH3 is 1. The number of anilines is 2. The summed E-state index contributed by atoms with van der Waals surface area (Å²) < 4.78 is 39.7. The lowest BCUT2D eigenvalue weighted by molar-refractivity contribution is 0.231. The molecule has 0 aromatic heterocycles. The van der Waals surface area contributed by atoms with Gasteiger partial charge in [-0.05, 0) is 38.1 Å². The summed E-state index contributed by atoms with van der Waals surface area (Å²) in [5, 5.41) is 20.9. The van der Waals surface area contributed by atoms with Gasteiger partial charge in [0.15, 0.2) is 17.4 Å². The summed E-state index contributed by atoms with van der Waals surface area (Å²) in [5.41, 5.74) is -1.27. The summed E-state index contributed by atoms with van der Waals surface area (Å²) >= 11 is 0. The van der Waals surface area contributed by atoms with Crippen molar-refractivity contribution < 1.29 is 18.3 Å². The Morgan fingerprint density at radius 3 is 2.04 bits per heavy atom. The highest BCUT2D eigenvalue weighted by Gasteiger charge is 2.27. The largest absolute Gasteiger partial charge is 0.497 e. The van der Waals surface area contributed by atoms with Gasteiger partial charge in [-0.1, -0.05) is 0 Å². The zero-order valence-electron chi connectivity index (χ0n) is 13.9. The van der Waals surface area contributed by atoms with Crippen molar-refractivity contribution in [3.05, 3.63) is 47.0 Å². The number of nitrogens with zero attached hydrogens (tertiary/aromatic N) is 2. The average Bonchev–Trinajstić information content (AvgIpc) is 2.60. The molecule has 0 amide bonds. The second kappa shape index (κ2) is 7.50. The maximum absolute atomic E-state index is 14.7. The first-order chi connectivity index (χ1) is 11.9. The van der Waals surface area contributed by atoms with Crippen LogP contribution in [0.15, 0.2) is 24.3 Å². The molecular weight excluding hydrogens is 328 g/mol. The molecule has 0 spiro atoms. The van der Waals surface area contributed by atoms with Gasteiger partial charge in [0, 0.05) is 5.69 Å². The van der Waals surface area contributed by atoms with Gasteiger partial charge >= 0.3 is 0 Å². The smallest absolute Gasteiger partial charge is 0.186 e. The Balaban J connectivity index is 2.63. The van der Waals surface area contributed by atoms with E-state index in [4.69, 9.17) is 20.0 Å². The zero-order chi connectivity index (χ0) is 18.6. The first kappa shape index (κ1) is 18.0. The number of benzene rings is 2. The van der Waals surface area contributed by atoms with Crippen LogP contribution in [0, 0.1) is 34.3 Å². The van der Waals surface area contributed by atoms with Crippen molar-refractivity contribution in [1.29, 1.82) is 10.5 Å². The number of nitrogens with one attached hydrogen (secondary N) is 1. The fraction of sp³-hybridized carbons (Fsp3) is 0.222. The Bertz CT molecular complexity index is 866. The third-order valence-electron chi connectivity index (χ3n) is 3.27. The van der Waals surface area contributed by atoms with Crippen molar-refractivity contribution >= 4 is 11.4 Å². The SMILES string of the molecule is COc1ccc(Nc2c(F)c(C#N)c(C#N)c(F)c2OC(C)C)cc1. The van der Waals surface area contributed by atoms with E-state index in [0.717, 1.165) is 0 Å². The Hall–Kier alpha value is -3.32. The molecule has 0 unspecified atom stereocenters. The second-order valence-electron chi connectivity index (χ2n) is 5.33. The molecule has 0 aliphatic rings. The lowest BCUT2D eigenvalue weighted by Gasteiger charge is -2.18. The first-order valence-corrected chi connectivity index (χ1v) is 7.35. The van der Waals surface area contributed by atoms with Crippen molar-refractivity contribution in [2.45, 2.75) is 20.0 Å². The van der Waals surface area contributed by atoms with E-state index in [2.05, 4.69) is 5.32 Å². The molecule has 2 rings (SSSR count). The number of nitriles is 2. The summed E-state index contributed by atoms with van der Waals surface area (Å²) in [6, 6.07) is 9.50. The molecule has 25 heavy (non-hydrogen) atoms. The molecule has 1 N–H and O–H groups in total. The van der Waals surface area contributed by atoms with Gasteiger partial charge in [0.25, 0.3) is 0 Å². The fourth-order valence-electron chi connectivity index (χ4n) is 2.15. The highest BCUT2D eigenvalue weighted by Crippen LogP contribution is 2.38. The van der Waals surface area contributed by atoms with E-state index in [1.54, 1.807) is 38.1 Å². The van der Waals surface area contributed by atoms with E-state index in [1.807, 2.05) is 0 Å². The van der Waals surface area contributed by atoms with Gasteiger partial charge in [0.2, 0.25) is 0 Å². The monoisotopic (exact) mass is 343 g/mol. The van der Waals surface area contributed by atoms with Gasteiger partial charge in [0.05, 0.1) is 13.2 Å². The van der Waals surface area contributed by atoms with Crippen LogP contribution in [0.2, 0.25) is 0 Å². The van der Waals surface area contributed by atoms with Crippen molar-refractivity contribution in [3.63, 3.8) is 0 Å². The molecular formula is C18H15F2N3O2. The Morgan fingerprint density at radius 2 is 1.56 bits per heavy atom. The van der Waals surface area contributed by atoms with Crippen LogP contribution in [-0.2, 0) is 0 Å². The second-order valence-corrected chi connectivity index (χ2v) is 5.33. The molecule has 0 atom stereocenters. The minimum atomic E-state index is -1.08. The Kier molecular flexibility index (Phi) is 5.41. The number of hydrogen-bond donors (Lipinski definition) is 1. The van der Waals surface area contributed by atoms with Gasteiger partial charge < -0.3 is 14.8 Å². The Labute approximate surface area is 144 Å². The van der Waals surface area contributed by atoms with E-state index in [9.17, 15) is 8.78 Å². The number of rotatable bonds is 5. The van der Waals surface area contributed by atoms with E-state index in [0.29, 0.717) is 11.4 Å². The van der Waals surface area contributed by atoms with Crippen LogP contribution in [0.1, 0.15) is 25.0 Å². The molecule has 2 aromatic rings. The van der Waals surface area contributed by atoms with Crippen molar-refractivity contribution in [2.75, 3.05) is 12.4 Å². The van der Waals surface area contributed by atoms with E-state index < -0.39 is 34.6 Å². The van der Waals surface area contributed by atoms with Crippen LogP contribution in [0.5, 0.6) is 11.5 Å². The molecule has 128 valence electrons. The third-order valence-corrected chi connectivity index (χ3v) is 3.27. The van der Waals surface area contributed by atoms with Gasteiger partial charge in [0.1, 0.15) is 34.7 Å². The highest BCUT2D eigenvalue weighted by molar-refractivity contribution is 5.72. The molecule has 0 bridgehead atoms. The summed E-state index contributed by atoms with van der Waals surface area (Å²) in [6.07, 6.45) is -0.468. The van der Waals surface area contributed by atoms with Crippen LogP contribution >= 0.6 is 0 Å². The van der Waals surface area contributed by atoms with E-state index >= 15 is 0 Å². The normalized spacial score (nSPS) is 10.1. The summed E-state index contributed by atoms with van der Waals surface area (Å²) in [4.78, 5) is 0. The van der Waals surface area contributed by atoms with E-state index in [-0.39, 0.29) is 5.69 Å². The minimum absolute atomic E-state index is 0.341. The fourth-order valence-corrected chi connectivity index (χ4v) is 2.15. The molecule has 2 aromatic carbocycles. The van der Waals surface area contributed by atoms with Crippen molar-refractivity contribution in [2.24, 2.45) is 0 Å². The standard InChI is InChI=1S/C18H15F2N3O2/c1-10(2)25-18-16(20)14(9-22)13(8-21)15(19)17(18)23-11-4-6-12(24-3)7-5-11/h4-7,10,23H,1-3H3. The van der Waals surface area contributed by atoms with Crippen LogP contribution in [0.4, 0.5) is 20.2 Å². The van der Waals surface area contributed by atoms with Gasteiger partial charge in [-0.3, -0.25) is 0 Å². The summed E-state index contributed by atoms with van der Waals surface area (Å²) in [7, 11) is 1.51. The maximum atomic E-state index is 14.7. The minimum Gasteiger partial charge on any atom is -0.497 e. The number of hydrogen-bond acceptors (Lipinski definition) is 5. The number of ether oxygens (including phenoxy) is 2. The molecule has 0 heterocycles. The molecule has 0 saturated carbocycles. The lowest BCUT2D eigenvalue weighted by Crippen LogP contribution is -2.12. The molecule has 5 nitrogen and oxygen atoms in total. The van der Waals surface area contributed by atoms with Gasteiger partial charge in [-0.15, -0.1) is 0 Å². The predicted octanol–water partition coefficient (Wildman–Crippen LogP) is 4.25. The summed E-state index contributed by atoms with van der Waals surface area (Å²) in [6.45, 7) is 3.28. The Morgan fingerprint density at radius 1 is 1.00 bits per heavy atom. The first-order valence-electron chi connectivity index (χ1n) is 7.35. The third kappa shape index (κ3) is 3.61. The molecule has 0 saturated heterocycles. The lowest BCUT2D eigenvalue weighted by atomic mass is 10.1. The molecule has 0 fully saturated rings. The van der Waals surface area contributed by atoms with Crippen LogP contribution in [0.25, 0.3) is 0 Å². The quantitative estimate of drug-likeness (QED) is 0.878. The highest BCUT2D eigenvalue weighted by atomic mass is 19.1. The predicted molar refractivity (Wildman–Crippen MR) is 87.8 cm³/mol. The van der Waals surface area contributed by atoms with Crippen molar-refractivity contribution in [3.8, 4) is 23.6 Å². The van der Waals surface area contributed by atoms with Crippen LogP contribution in [0.3, 0.4) is 0 Å². The molecule has 0 aliphatic heterocycles. The topological polar surface area (TPSA) is 78.1 Å². The number of halogens is 2. The maximum Gasteiger partial charge on any atom is 0.186 e. The van der Waals surface area contributed by atoms with Crippen LogP contribution < -0.4 is 14.8 Å². The molecule has 0 radical (unpaired) electrons. The summed E-state index contributed by atoms with van der Waals surface area (Å²) in [5.74, 6) is -1.98. The average molecular weight is 343 g/mol.